The van der Waals surface area contributed by atoms with Crippen LogP contribution in [0.15, 0.2) is 0 Å². The van der Waals surface area contributed by atoms with Crippen molar-refractivity contribution in [3.8, 4) is 0 Å². The fourth-order valence-corrected chi connectivity index (χ4v) is 4.58. The van der Waals surface area contributed by atoms with E-state index in [0.717, 1.165) is 44.9 Å². The van der Waals surface area contributed by atoms with Crippen LogP contribution in [0.4, 0.5) is 4.79 Å². The van der Waals surface area contributed by atoms with Gasteiger partial charge in [0, 0.05) is 11.6 Å². The van der Waals surface area contributed by atoms with Gasteiger partial charge in [-0.3, -0.25) is 0 Å². The highest BCUT2D eigenvalue weighted by molar-refractivity contribution is 5.84. The van der Waals surface area contributed by atoms with Crippen LogP contribution >= 0.6 is 0 Å². The lowest BCUT2D eigenvalue weighted by molar-refractivity contribution is -0.141. The lowest BCUT2D eigenvalue weighted by atomic mass is 9.85. The van der Waals surface area contributed by atoms with E-state index in [4.69, 9.17) is 0 Å². The topological polar surface area (TPSA) is 69.6 Å². The molecule has 5 nitrogen and oxygen atoms in total. The normalized spacial score (nSPS) is 34.5. The summed E-state index contributed by atoms with van der Waals surface area (Å²) in [5.41, 5.74) is -0.146. The summed E-state index contributed by atoms with van der Waals surface area (Å²) in [6.45, 7) is 2.09. The van der Waals surface area contributed by atoms with Crippen LogP contribution in [0.3, 0.4) is 0 Å². The van der Waals surface area contributed by atoms with Crippen molar-refractivity contribution in [2.24, 2.45) is 5.92 Å². The van der Waals surface area contributed by atoms with Crippen molar-refractivity contribution in [1.82, 2.24) is 10.2 Å². The Morgan fingerprint density at radius 1 is 1.14 bits per heavy atom. The molecule has 1 heterocycles. The highest BCUT2D eigenvalue weighted by Gasteiger charge is 2.48. The van der Waals surface area contributed by atoms with Crippen molar-refractivity contribution in [3.05, 3.63) is 0 Å². The summed E-state index contributed by atoms with van der Waals surface area (Å²) >= 11 is 0. The molecule has 0 radical (unpaired) electrons. The zero-order valence-electron chi connectivity index (χ0n) is 12.8. The van der Waals surface area contributed by atoms with Crippen molar-refractivity contribution < 1.29 is 14.7 Å². The number of rotatable bonds is 2. The highest BCUT2D eigenvalue weighted by atomic mass is 16.4. The molecular formula is C16H26N2O3. The molecule has 3 aliphatic rings. The largest absolute Gasteiger partial charge is 0.480 e. The number of carbonyl (C=O) groups excluding carboxylic acids is 1. The first-order valence-corrected chi connectivity index (χ1v) is 8.33. The van der Waals surface area contributed by atoms with Crippen LogP contribution in [0.1, 0.15) is 64.7 Å². The van der Waals surface area contributed by atoms with Gasteiger partial charge in [0.05, 0.1) is 0 Å². The lowest BCUT2D eigenvalue weighted by Crippen LogP contribution is -2.55. The number of amides is 2. The van der Waals surface area contributed by atoms with E-state index < -0.39 is 12.0 Å². The summed E-state index contributed by atoms with van der Waals surface area (Å²) in [6, 6.07) is -0.658. The van der Waals surface area contributed by atoms with Gasteiger partial charge in [-0.2, -0.15) is 0 Å². The molecule has 0 aromatic heterocycles. The van der Waals surface area contributed by atoms with Gasteiger partial charge in [0.15, 0.2) is 0 Å². The Hall–Kier alpha value is -1.26. The fourth-order valence-electron chi connectivity index (χ4n) is 4.58. The molecule has 2 saturated carbocycles. The van der Waals surface area contributed by atoms with E-state index in [1.165, 1.54) is 6.42 Å². The molecule has 0 aromatic rings. The summed E-state index contributed by atoms with van der Waals surface area (Å²) < 4.78 is 0. The van der Waals surface area contributed by atoms with Gasteiger partial charge in [0.2, 0.25) is 0 Å². The van der Waals surface area contributed by atoms with Crippen LogP contribution in [-0.2, 0) is 4.79 Å². The van der Waals surface area contributed by atoms with Gasteiger partial charge in [-0.15, -0.1) is 0 Å². The molecule has 3 rings (SSSR count). The van der Waals surface area contributed by atoms with Gasteiger partial charge in [-0.1, -0.05) is 25.7 Å². The van der Waals surface area contributed by atoms with Gasteiger partial charge in [0.1, 0.15) is 6.04 Å². The Labute approximate surface area is 126 Å². The minimum Gasteiger partial charge on any atom is -0.480 e. The maximum absolute atomic E-state index is 12.7. The number of carboxylic acids is 1. The standard InChI is InChI=1S/C16H26N2O3/c1-16(8-4-5-9-16)17-15(21)18-12-7-3-2-6-11(12)10-13(18)14(19)20/h11-13H,2-10H2,1H3,(H,17,21)(H,19,20). The molecule has 3 unspecified atom stereocenters. The summed E-state index contributed by atoms with van der Waals surface area (Å²) in [4.78, 5) is 25.9. The zero-order valence-corrected chi connectivity index (χ0v) is 12.8. The minimum atomic E-state index is -0.851. The maximum atomic E-state index is 12.7. The number of carboxylic acid groups (broad SMARTS) is 1. The third kappa shape index (κ3) is 2.74. The molecule has 21 heavy (non-hydrogen) atoms. The molecule has 118 valence electrons. The number of likely N-dealkylation sites (tertiary alicyclic amines) is 1. The third-order valence-electron chi connectivity index (χ3n) is 5.72. The highest BCUT2D eigenvalue weighted by Crippen LogP contribution is 2.40. The number of carbonyl (C=O) groups is 2. The first-order valence-electron chi connectivity index (χ1n) is 8.33. The lowest BCUT2D eigenvalue weighted by Gasteiger charge is -2.36. The summed E-state index contributed by atoms with van der Waals surface area (Å²) in [7, 11) is 0. The molecule has 3 fully saturated rings. The third-order valence-corrected chi connectivity index (χ3v) is 5.72. The van der Waals surface area contributed by atoms with Crippen LogP contribution in [0, 0.1) is 5.92 Å². The van der Waals surface area contributed by atoms with E-state index in [1.54, 1.807) is 4.90 Å². The average Bonchev–Trinajstić information content (AvgIpc) is 3.02. The van der Waals surface area contributed by atoms with E-state index >= 15 is 0 Å². The molecule has 5 heteroatoms. The van der Waals surface area contributed by atoms with Crippen LogP contribution in [0.25, 0.3) is 0 Å². The molecule has 1 saturated heterocycles. The Balaban J connectivity index is 1.76. The predicted molar refractivity (Wildman–Crippen MR) is 79.0 cm³/mol. The van der Waals surface area contributed by atoms with Crippen molar-refractivity contribution in [2.45, 2.75) is 82.3 Å². The molecule has 0 spiro atoms. The van der Waals surface area contributed by atoms with Gasteiger partial charge < -0.3 is 15.3 Å². The quantitative estimate of drug-likeness (QED) is 0.822. The number of nitrogens with zero attached hydrogens (tertiary/aromatic N) is 1. The molecule has 2 amide bonds. The Morgan fingerprint density at radius 2 is 1.81 bits per heavy atom. The number of hydrogen-bond acceptors (Lipinski definition) is 2. The van der Waals surface area contributed by atoms with E-state index in [9.17, 15) is 14.7 Å². The Bertz CT molecular complexity index is 431. The van der Waals surface area contributed by atoms with Gasteiger partial charge in [-0.05, 0) is 44.9 Å². The Kier molecular flexibility index (Phi) is 3.84. The monoisotopic (exact) mass is 294 g/mol. The van der Waals surface area contributed by atoms with E-state index in [2.05, 4.69) is 12.2 Å². The molecule has 0 aromatic carbocycles. The maximum Gasteiger partial charge on any atom is 0.326 e. The average molecular weight is 294 g/mol. The summed E-state index contributed by atoms with van der Waals surface area (Å²) in [5, 5.41) is 12.6. The number of fused-ring (bicyclic) bond motifs is 1. The molecule has 0 bridgehead atoms. The van der Waals surface area contributed by atoms with Crippen molar-refractivity contribution in [3.63, 3.8) is 0 Å². The molecular weight excluding hydrogens is 268 g/mol. The first kappa shape index (κ1) is 14.7. The number of hydrogen-bond donors (Lipinski definition) is 2. The number of aliphatic carboxylic acids is 1. The number of urea groups is 1. The second-order valence-electron chi connectivity index (χ2n) is 7.31. The number of nitrogens with one attached hydrogen (secondary N) is 1. The van der Waals surface area contributed by atoms with Gasteiger partial charge in [-0.25, -0.2) is 9.59 Å². The van der Waals surface area contributed by atoms with Crippen molar-refractivity contribution in [2.75, 3.05) is 0 Å². The Morgan fingerprint density at radius 3 is 2.48 bits per heavy atom. The van der Waals surface area contributed by atoms with Crippen molar-refractivity contribution in [1.29, 1.82) is 0 Å². The van der Waals surface area contributed by atoms with Crippen LogP contribution in [-0.4, -0.2) is 39.6 Å². The SMILES string of the molecule is CC1(NC(=O)N2C(C(=O)O)CC3CCCCC32)CCCC1. The predicted octanol–water partition coefficient (Wildman–Crippen LogP) is 2.75. The van der Waals surface area contributed by atoms with E-state index in [-0.39, 0.29) is 17.6 Å². The van der Waals surface area contributed by atoms with Crippen LogP contribution < -0.4 is 5.32 Å². The fraction of sp³-hybridized carbons (Fsp3) is 0.875. The summed E-state index contributed by atoms with van der Waals surface area (Å²) in [6.07, 6.45) is 9.21. The van der Waals surface area contributed by atoms with Crippen molar-refractivity contribution >= 4 is 12.0 Å². The van der Waals surface area contributed by atoms with E-state index in [1.807, 2.05) is 0 Å². The zero-order chi connectivity index (χ0) is 15.0. The minimum absolute atomic E-state index is 0.129. The molecule has 1 aliphatic heterocycles. The van der Waals surface area contributed by atoms with Gasteiger partial charge >= 0.3 is 12.0 Å². The summed E-state index contributed by atoms with van der Waals surface area (Å²) in [5.74, 6) is -0.474. The smallest absolute Gasteiger partial charge is 0.326 e. The van der Waals surface area contributed by atoms with Gasteiger partial charge in [0.25, 0.3) is 0 Å². The van der Waals surface area contributed by atoms with Crippen LogP contribution in [0.5, 0.6) is 0 Å². The van der Waals surface area contributed by atoms with Crippen LogP contribution in [0.2, 0.25) is 0 Å². The molecule has 2 aliphatic carbocycles. The second kappa shape index (κ2) is 5.50. The first-order chi connectivity index (χ1) is 10.0. The second-order valence-corrected chi connectivity index (χ2v) is 7.31. The molecule has 2 N–H and O–H groups in total. The van der Waals surface area contributed by atoms with E-state index in [0.29, 0.717) is 12.3 Å². The molecule has 3 atom stereocenters.